The van der Waals surface area contributed by atoms with E-state index in [9.17, 15) is 18.0 Å². The van der Waals surface area contributed by atoms with Gasteiger partial charge in [-0.15, -0.1) is 11.8 Å². The molecule has 3 fully saturated rings. The van der Waals surface area contributed by atoms with E-state index in [4.69, 9.17) is 4.74 Å². The number of amides is 2. The van der Waals surface area contributed by atoms with Gasteiger partial charge in [-0.2, -0.15) is 4.31 Å². The first-order chi connectivity index (χ1) is 15.7. The monoisotopic (exact) mass is 496 g/mol. The number of benzene rings is 1. The lowest BCUT2D eigenvalue weighted by Crippen LogP contribution is -2.48. The van der Waals surface area contributed by atoms with Crippen LogP contribution in [0.15, 0.2) is 23.1 Å². The van der Waals surface area contributed by atoms with Crippen molar-refractivity contribution in [3.05, 3.63) is 18.2 Å². The average molecular weight is 497 g/mol. The van der Waals surface area contributed by atoms with Crippen molar-refractivity contribution in [1.82, 2.24) is 9.21 Å². The summed E-state index contributed by atoms with van der Waals surface area (Å²) in [6, 6.07) is 4.33. The predicted octanol–water partition coefficient (Wildman–Crippen LogP) is 1.95. The molecule has 3 aliphatic heterocycles. The Bertz CT molecular complexity index is 1020. The second-order valence-corrected chi connectivity index (χ2v) is 12.1. The Balaban J connectivity index is 1.65. The van der Waals surface area contributed by atoms with Gasteiger partial charge in [0.1, 0.15) is 6.04 Å². The Morgan fingerprint density at radius 3 is 2.64 bits per heavy atom. The average Bonchev–Trinajstić information content (AvgIpc) is 3.31. The van der Waals surface area contributed by atoms with E-state index >= 15 is 0 Å². The van der Waals surface area contributed by atoms with Crippen LogP contribution in [-0.4, -0.2) is 85.5 Å². The van der Waals surface area contributed by atoms with Gasteiger partial charge in [0.05, 0.1) is 34.4 Å². The highest BCUT2D eigenvalue weighted by atomic mass is 32.2. The fraction of sp³-hybridized carbons (Fsp3) is 0.636. The molecule has 0 saturated carbocycles. The van der Waals surface area contributed by atoms with Gasteiger partial charge in [-0.05, 0) is 45.4 Å². The molecular weight excluding hydrogens is 464 g/mol. The standard InChI is InChI=1S/C22H32N4O5S2/c1-4-24(5-2)18-7-6-16(33(29,30)25-10-12-31-13-11-25)14-17(18)23-21(28)19-15-32-22(3)9-8-20(27)26(19)22/h6-7,14,19H,4-5,8-13,15H2,1-3H3,(H,23,28). The number of carbonyl (C=O) groups excluding carboxylic acids is 2. The van der Waals surface area contributed by atoms with Crippen molar-refractivity contribution in [1.29, 1.82) is 0 Å². The van der Waals surface area contributed by atoms with Crippen LogP contribution in [-0.2, 0) is 24.3 Å². The Labute approximate surface area is 199 Å². The number of carbonyl (C=O) groups is 2. The van der Waals surface area contributed by atoms with Crippen molar-refractivity contribution < 1.29 is 22.7 Å². The summed E-state index contributed by atoms with van der Waals surface area (Å²) in [5, 5.41) is 2.97. The molecule has 1 aromatic carbocycles. The van der Waals surface area contributed by atoms with Crippen molar-refractivity contribution in [2.75, 3.05) is 55.4 Å². The van der Waals surface area contributed by atoms with Crippen molar-refractivity contribution in [2.24, 2.45) is 0 Å². The van der Waals surface area contributed by atoms with Gasteiger partial charge in [0.2, 0.25) is 21.8 Å². The normalized spacial score (nSPS) is 25.8. The highest BCUT2D eigenvalue weighted by Gasteiger charge is 2.53. The van der Waals surface area contributed by atoms with Crippen LogP contribution in [0.2, 0.25) is 0 Å². The number of nitrogens with one attached hydrogen (secondary N) is 1. The van der Waals surface area contributed by atoms with Crippen molar-refractivity contribution in [3.63, 3.8) is 0 Å². The topological polar surface area (TPSA) is 99.3 Å². The zero-order valence-corrected chi connectivity index (χ0v) is 21.0. The van der Waals surface area contributed by atoms with Gasteiger partial charge in [0, 0.05) is 38.4 Å². The van der Waals surface area contributed by atoms with Crippen LogP contribution in [0.25, 0.3) is 0 Å². The van der Waals surface area contributed by atoms with Crippen molar-refractivity contribution >= 4 is 45.0 Å². The van der Waals surface area contributed by atoms with Crippen LogP contribution in [0.3, 0.4) is 0 Å². The quantitative estimate of drug-likeness (QED) is 0.616. The fourth-order valence-corrected chi connectivity index (χ4v) is 7.65. The van der Waals surface area contributed by atoms with Gasteiger partial charge in [-0.1, -0.05) is 0 Å². The molecule has 2 atom stereocenters. The maximum atomic E-state index is 13.3. The molecule has 0 aliphatic carbocycles. The molecular formula is C22H32N4O5S2. The molecule has 0 aromatic heterocycles. The van der Waals surface area contributed by atoms with Crippen LogP contribution >= 0.6 is 11.8 Å². The molecule has 0 bridgehead atoms. The Kier molecular flexibility index (Phi) is 6.95. The third-order valence-corrected chi connectivity index (χ3v) is 10.1. The van der Waals surface area contributed by atoms with Crippen molar-refractivity contribution in [2.45, 2.75) is 49.4 Å². The molecule has 0 radical (unpaired) electrons. The zero-order chi connectivity index (χ0) is 23.8. The molecule has 1 aromatic rings. The first-order valence-corrected chi connectivity index (χ1v) is 13.9. The van der Waals surface area contributed by atoms with E-state index in [1.807, 2.05) is 20.8 Å². The largest absolute Gasteiger partial charge is 0.379 e. The minimum atomic E-state index is -3.71. The van der Waals surface area contributed by atoms with Crippen LogP contribution in [0.1, 0.15) is 33.6 Å². The lowest BCUT2D eigenvalue weighted by atomic mass is 10.2. The number of nitrogens with zero attached hydrogens (tertiary/aromatic N) is 3. The number of thioether (sulfide) groups is 1. The molecule has 2 unspecified atom stereocenters. The Morgan fingerprint density at radius 1 is 1.27 bits per heavy atom. The first kappa shape index (κ1) is 24.3. The van der Waals surface area contributed by atoms with E-state index in [1.54, 1.807) is 34.9 Å². The lowest BCUT2D eigenvalue weighted by molar-refractivity contribution is -0.135. The number of ether oxygens (including phenoxy) is 1. The summed E-state index contributed by atoms with van der Waals surface area (Å²) >= 11 is 1.63. The number of sulfonamides is 1. The molecule has 3 saturated heterocycles. The summed E-state index contributed by atoms with van der Waals surface area (Å²) < 4.78 is 33.2. The van der Waals surface area contributed by atoms with Crippen molar-refractivity contribution in [3.8, 4) is 0 Å². The summed E-state index contributed by atoms with van der Waals surface area (Å²) in [4.78, 5) is 29.4. The summed E-state index contributed by atoms with van der Waals surface area (Å²) in [5.41, 5.74) is 1.21. The third kappa shape index (κ3) is 4.48. The maximum absolute atomic E-state index is 13.3. The maximum Gasteiger partial charge on any atom is 0.248 e. The molecule has 33 heavy (non-hydrogen) atoms. The molecule has 1 N–H and O–H groups in total. The summed E-state index contributed by atoms with van der Waals surface area (Å²) in [6.45, 7) is 8.77. The number of rotatable bonds is 7. The van der Waals surface area contributed by atoms with Crippen LogP contribution in [0.4, 0.5) is 11.4 Å². The SMILES string of the molecule is CCN(CC)c1ccc(S(=O)(=O)N2CCOCC2)cc1NC(=O)C1CSC2(C)CCC(=O)N12. The number of morpholine rings is 1. The van der Waals surface area contributed by atoms with Gasteiger partial charge in [-0.25, -0.2) is 8.42 Å². The molecule has 9 nitrogen and oxygen atoms in total. The van der Waals surface area contributed by atoms with E-state index in [1.165, 1.54) is 4.31 Å². The minimum Gasteiger partial charge on any atom is -0.379 e. The van der Waals surface area contributed by atoms with E-state index < -0.39 is 16.1 Å². The van der Waals surface area contributed by atoms with Crippen LogP contribution < -0.4 is 10.2 Å². The fourth-order valence-electron chi connectivity index (χ4n) is 4.78. The van der Waals surface area contributed by atoms with Crippen LogP contribution in [0.5, 0.6) is 0 Å². The second-order valence-electron chi connectivity index (χ2n) is 8.62. The molecule has 11 heteroatoms. The number of fused-ring (bicyclic) bond motifs is 1. The van der Waals surface area contributed by atoms with Gasteiger partial charge in [0.25, 0.3) is 0 Å². The Hall–Kier alpha value is -1.82. The number of hydrogen-bond donors (Lipinski definition) is 1. The van der Waals surface area contributed by atoms with Gasteiger partial charge < -0.3 is 19.9 Å². The van der Waals surface area contributed by atoms with E-state index in [0.717, 1.165) is 12.1 Å². The number of hydrogen-bond acceptors (Lipinski definition) is 7. The smallest absolute Gasteiger partial charge is 0.248 e. The van der Waals surface area contributed by atoms with E-state index in [-0.39, 0.29) is 21.6 Å². The van der Waals surface area contributed by atoms with E-state index in [0.29, 0.717) is 57.3 Å². The zero-order valence-electron chi connectivity index (χ0n) is 19.4. The molecule has 0 spiro atoms. The molecule has 3 aliphatic rings. The number of anilines is 2. The highest BCUT2D eigenvalue weighted by Crippen LogP contribution is 2.47. The first-order valence-electron chi connectivity index (χ1n) is 11.4. The summed E-state index contributed by atoms with van der Waals surface area (Å²) in [6.07, 6.45) is 1.18. The molecule has 2 amide bonds. The summed E-state index contributed by atoms with van der Waals surface area (Å²) in [5.74, 6) is 0.242. The molecule has 182 valence electrons. The van der Waals surface area contributed by atoms with Gasteiger partial charge >= 0.3 is 0 Å². The lowest BCUT2D eigenvalue weighted by Gasteiger charge is -2.31. The summed E-state index contributed by atoms with van der Waals surface area (Å²) in [7, 11) is -3.71. The Morgan fingerprint density at radius 2 is 1.97 bits per heavy atom. The molecule has 3 heterocycles. The molecule has 4 rings (SSSR count). The van der Waals surface area contributed by atoms with Crippen LogP contribution in [0, 0.1) is 0 Å². The van der Waals surface area contributed by atoms with E-state index in [2.05, 4.69) is 10.2 Å². The van der Waals surface area contributed by atoms with Gasteiger partial charge in [-0.3, -0.25) is 9.59 Å². The highest BCUT2D eigenvalue weighted by molar-refractivity contribution is 8.01. The minimum absolute atomic E-state index is 0.00439. The second kappa shape index (κ2) is 9.44. The van der Waals surface area contributed by atoms with Gasteiger partial charge in [0.15, 0.2) is 0 Å². The third-order valence-electron chi connectivity index (χ3n) is 6.69. The predicted molar refractivity (Wildman–Crippen MR) is 129 cm³/mol.